The smallest absolute Gasteiger partial charge is 0.270 e. The first kappa shape index (κ1) is 20.2. The van der Waals surface area contributed by atoms with E-state index in [2.05, 4.69) is 26.8 Å². The fraction of sp³-hybridized carbons (Fsp3) is 0.0526. The lowest BCUT2D eigenvalue weighted by molar-refractivity contribution is -0.129. The lowest BCUT2D eigenvalue weighted by Crippen LogP contribution is -2.47. The molecule has 1 fully saturated rings. The maximum absolute atomic E-state index is 12.5. The number of hydrogen-bond acceptors (Lipinski definition) is 5. The van der Waals surface area contributed by atoms with E-state index in [1.165, 1.54) is 4.90 Å². The van der Waals surface area contributed by atoms with Gasteiger partial charge in [0.05, 0.1) is 10.5 Å². The summed E-state index contributed by atoms with van der Waals surface area (Å²) in [4.78, 5) is 38.5. The molecule has 0 aromatic heterocycles. The van der Waals surface area contributed by atoms with Gasteiger partial charge in [-0.25, -0.2) is 0 Å². The Bertz CT molecular complexity index is 979. The van der Waals surface area contributed by atoms with Gasteiger partial charge >= 0.3 is 0 Å². The van der Waals surface area contributed by atoms with Gasteiger partial charge in [0.15, 0.2) is 0 Å². The van der Waals surface area contributed by atoms with Crippen molar-refractivity contribution in [1.82, 2.24) is 15.8 Å². The Balaban J connectivity index is 1.59. The predicted octanol–water partition coefficient (Wildman–Crippen LogP) is 3.11. The molecule has 0 bridgehead atoms. The summed E-state index contributed by atoms with van der Waals surface area (Å²) in [5.41, 5.74) is 5.87. The van der Waals surface area contributed by atoms with Crippen LogP contribution in [0.3, 0.4) is 0 Å². The average Bonchev–Trinajstić information content (AvgIpc) is 2.94. The molecule has 0 atom stereocenters. The molecule has 2 N–H and O–H groups in total. The Morgan fingerprint density at radius 3 is 2.46 bits per heavy atom. The first-order valence-electron chi connectivity index (χ1n) is 8.10. The van der Waals surface area contributed by atoms with E-state index in [9.17, 15) is 14.4 Å². The summed E-state index contributed by atoms with van der Waals surface area (Å²) in [6, 6.07) is 16.2. The fourth-order valence-corrected chi connectivity index (χ4v) is 4.08. The van der Waals surface area contributed by atoms with Crippen LogP contribution in [0.15, 0.2) is 64.0 Å². The molecule has 1 aliphatic heterocycles. The van der Waals surface area contributed by atoms with Crippen LogP contribution in [-0.4, -0.2) is 33.5 Å². The van der Waals surface area contributed by atoms with Crippen molar-refractivity contribution in [2.75, 3.05) is 6.54 Å². The molecule has 0 spiro atoms. The highest BCUT2D eigenvalue weighted by Crippen LogP contribution is 2.32. The lowest BCUT2D eigenvalue weighted by Gasteiger charge is -2.14. The SMILES string of the molecule is O=C(CN1C(=O)C(=Cc2ccccc2)SC1=S)NNC(=O)c1ccccc1Br. The van der Waals surface area contributed by atoms with E-state index in [-0.39, 0.29) is 12.5 Å². The summed E-state index contributed by atoms with van der Waals surface area (Å²) in [5, 5.41) is 0. The van der Waals surface area contributed by atoms with Gasteiger partial charge in [0.1, 0.15) is 10.9 Å². The van der Waals surface area contributed by atoms with Crippen molar-refractivity contribution in [3.63, 3.8) is 0 Å². The van der Waals surface area contributed by atoms with Crippen molar-refractivity contribution in [3.05, 3.63) is 75.1 Å². The quantitative estimate of drug-likeness (QED) is 0.403. The molecule has 1 heterocycles. The zero-order valence-corrected chi connectivity index (χ0v) is 17.6. The number of thiocarbonyl (C=S) groups is 1. The average molecular weight is 476 g/mol. The Morgan fingerprint density at radius 2 is 1.75 bits per heavy atom. The molecule has 142 valence electrons. The molecule has 28 heavy (non-hydrogen) atoms. The third kappa shape index (κ3) is 4.86. The second-order valence-corrected chi connectivity index (χ2v) is 8.19. The van der Waals surface area contributed by atoms with Crippen LogP contribution in [0, 0.1) is 0 Å². The standard InChI is InChI=1S/C19H14BrN3O3S2/c20-14-9-5-4-8-13(14)17(25)22-21-16(24)11-23-18(26)15(28-19(23)27)10-12-6-2-1-3-7-12/h1-10H,11H2,(H,21,24)(H,22,25). The third-order valence-corrected chi connectivity index (χ3v) is 5.78. The van der Waals surface area contributed by atoms with E-state index in [4.69, 9.17) is 12.2 Å². The van der Waals surface area contributed by atoms with E-state index in [1.807, 2.05) is 30.3 Å². The lowest BCUT2D eigenvalue weighted by atomic mass is 10.2. The summed E-state index contributed by atoms with van der Waals surface area (Å²) in [7, 11) is 0. The summed E-state index contributed by atoms with van der Waals surface area (Å²) in [6.45, 7) is -0.285. The minimum Gasteiger partial charge on any atom is -0.283 e. The first-order valence-corrected chi connectivity index (χ1v) is 10.1. The zero-order chi connectivity index (χ0) is 20.1. The number of nitrogens with one attached hydrogen (secondary N) is 2. The molecular formula is C19H14BrN3O3S2. The second kappa shape index (κ2) is 9.13. The molecule has 0 radical (unpaired) electrons. The van der Waals surface area contributed by atoms with E-state index in [0.717, 1.165) is 17.3 Å². The maximum Gasteiger partial charge on any atom is 0.270 e. The monoisotopic (exact) mass is 475 g/mol. The van der Waals surface area contributed by atoms with Crippen molar-refractivity contribution in [1.29, 1.82) is 0 Å². The molecule has 3 rings (SSSR count). The number of amides is 3. The number of carbonyl (C=O) groups excluding carboxylic acids is 3. The van der Waals surface area contributed by atoms with Gasteiger partial charge in [0, 0.05) is 4.47 Å². The van der Waals surface area contributed by atoms with Crippen molar-refractivity contribution in [2.45, 2.75) is 0 Å². The molecule has 1 saturated heterocycles. The topological polar surface area (TPSA) is 78.5 Å². The van der Waals surface area contributed by atoms with E-state index < -0.39 is 11.8 Å². The van der Waals surface area contributed by atoms with Crippen molar-refractivity contribution in [2.24, 2.45) is 0 Å². The van der Waals surface area contributed by atoms with Crippen LogP contribution in [0.1, 0.15) is 15.9 Å². The van der Waals surface area contributed by atoms with Crippen LogP contribution in [0.4, 0.5) is 0 Å². The van der Waals surface area contributed by atoms with Crippen LogP contribution < -0.4 is 10.9 Å². The van der Waals surface area contributed by atoms with Gasteiger partial charge in [0.25, 0.3) is 17.7 Å². The van der Waals surface area contributed by atoms with Gasteiger partial charge in [-0.2, -0.15) is 0 Å². The summed E-state index contributed by atoms with van der Waals surface area (Å²) >= 11 is 9.62. The molecule has 6 nitrogen and oxygen atoms in total. The molecule has 2 aromatic carbocycles. The second-order valence-electron chi connectivity index (χ2n) is 5.66. The summed E-state index contributed by atoms with van der Waals surface area (Å²) in [5.74, 6) is -1.38. The Kier molecular flexibility index (Phi) is 6.61. The van der Waals surface area contributed by atoms with Crippen LogP contribution >= 0.6 is 39.9 Å². The van der Waals surface area contributed by atoms with Gasteiger partial charge in [-0.1, -0.05) is 66.4 Å². The molecular weight excluding hydrogens is 462 g/mol. The van der Waals surface area contributed by atoms with E-state index >= 15 is 0 Å². The van der Waals surface area contributed by atoms with E-state index in [1.54, 1.807) is 30.3 Å². The molecule has 1 aliphatic rings. The third-order valence-electron chi connectivity index (χ3n) is 3.71. The van der Waals surface area contributed by atoms with Crippen LogP contribution in [0.2, 0.25) is 0 Å². The fourth-order valence-electron chi connectivity index (χ4n) is 2.36. The number of thioether (sulfide) groups is 1. The molecule has 2 aromatic rings. The van der Waals surface area contributed by atoms with Gasteiger partial charge in [-0.05, 0) is 39.7 Å². The number of nitrogens with zero attached hydrogens (tertiary/aromatic N) is 1. The van der Waals surface area contributed by atoms with Crippen LogP contribution in [0.25, 0.3) is 6.08 Å². The summed E-state index contributed by atoms with van der Waals surface area (Å²) in [6.07, 6.45) is 1.73. The molecule has 0 aliphatic carbocycles. The van der Waals surface area contributed by atoms with Crippen molar-refractivity contribution < 1.29 is 14.4 Å². The maximum atomic E-state index is 12.5. The molecule has 0 unspecified atom stereocenters. The number of carbonyl (C=O) groups is 3. The van der Waals surface area contributed by atoms with Crippen molar-refractivity contribution in [3.8, 4) is 0 Å². The molecule has 3 amide bonds. The number of rotatable bonds is 4. The highest BCUT2D eigenvalue weighted by atomic mass is 79.9. The number of hydrazine groups is 1. The van der Waals surface area contributed by atoms with Crippen molar-refractivity contribution >= 4 is 68.0 Å². The van der Waals surface area contributed by atoms with Crippen LogP contribution in [-0.2, 0) is 9.59 Å². The first-order chi connectivity index (χ1) is 13.5. The van der Waals surface area contributed by atoms with Gasteiger partial charge in [-0.15, -0.1) is 0 Å². The number of benzene rings is 2. The van der Waals surface area contributed by atoms with E-state index in [0.29, 0.717) is 19.3 Å². The highest BCUT2D eigenvalue weighted by molar-refractivity contribution is 9.10. The largest absolute Gasteiger partial charge is 0.283 e. The minimum absolute atomic E-state index is 0.285. The highest BCUT2D eigenvalue weighted by Gasteiger charge is 2.33. The van der Waals surface area contributed by atoms with Gasteiger partial charge < -0.3 is 0 Å². The zero-order valence-electron chi connectivity index (χ0n) is 14.3. The number of halogens is 1. The van der Waals surface area contributed by atoms with Gasteiger partial charge in [-0.3, -0.25) is 30.1 Å². The minimum atomic E-state index is -0.558. The predicted molar refractivity (Wildman–Crippen MR) is 116 cm³/mol. The van der Waals surface area contributed by atoms with Crippen LogP contribution in [0.5, 0.6) is 0 Å². The normalized spacial score (nSPS) is 15.0. The van der Waals surface area contributed by atoms with Gasteiger partial charge in [0.2, 0.25) is 0 Å². The molecule has 9 heteroatoms. The Labute approximate surface area is 179 Å². The Morgan fingerprint density at radius 1 is 1.07 bits per heavy atom. The Hall–Kier alpha value is -2.49. The molecule has 0 saturated carbocycles. The number of hydrogen-bond donors (Lipinski definition) is 2. The summed E-state index contributed by atoms with van der Waals surface area (Å²) < 4.78 is 0.893.